The van der Waals surface area contributed by atoms with Gasteiger partial charge in [0.1, 0.15) is 0 Å². The van der Waals surface area contributed by atoms with Crippen molar-refractivity contribution in [3.05, 3.63) is 17.0 Å². The predicted molar refractivity (Wildman–Crippen MR) is 88.3 cm³/mol. The molecule has 126 valence electrons. The Bertz CT molecular complexity index is 620. The molecule has 23 heavy (non-hydrogen) atoms. The molecular weight excluding hydrogens is 290 g/mol. The number of nitrogens with zero attached hydrogens (tertiary/aromatic N) is 2. The van der Waals surface area contributed by atoms with Crippen LogP contribution in [0.2, 0.25) is 0 Å². The average Bonchev–Trinajstić information content (AvgIpc) is 3.14. The topological polar surface area (TPSA) is 64.0 Å². The lowest BCUT2D eigenvalue weighted by atomic mass is 9.97. The number of aryl methyl sites for hydroxylation is 2. The molecule has 2 saturated carbocycles. The van der Waals surface area contributed by atoms with Crippen LogP contribution in [0.25, 0.3) is 0 Å². The van der Waals surface area contributed by atoms with Crippen LogP contribution in [0.1, 0.15) is 67.2 Å². The fourth-order valence-electron chi connectivity index (χ4n) is 4.65. The molecule has 0 spiro atoms. The monoisotopic (exact) mass is 317 g/mol. The first-order valence-electron chi connectivity index (χ1n) is 8.81. The first-order valence-corrected chi connectivity index (χ1v) is 8.81. The van der Waals surface area contributed by atoms with Gasteiger partial charge in [-0.25, -0.2) is 0 Å². The highest BCUT2D eigenvalue weighted by Crippen LogP contribution is 2.43. The van der Waals surface area contributed by atoms with Gasteiger partial charge in [-0.1, -0.05) is 12.8 Å². The van der Waals surface area contributed by atoms with Crippen LogP contribution in [0, 0.1) is 25.7 Å². The van der Waals surface area contributed by atoms with Crippen LogP contribution in [0.4, 0.5) is 0 Å². The molecule has 1 aromatic heterocycles. The summed E-state index contributed by atoms with van der Waals surface area (Å²) in [5.41, 5.74) is 2.30. The van der Waals surface area contributed by atoms with Crippen LogP contribution in [0.3, 0.4) is 0 Å². The SMILES string of the molecule is CC(=O)c1c(C)nn(CCC(=O)N[C@@H]2CC[C@H]3CCC[C@H]32)c1C. The minimum absolute atomic E-state index is 0.0360. The summed E-state index contributed by atoms with van der Waals surface area (Å²) in [6, 6.07) is 0.378. The molecule has 1 amide bonds. The van der Waals surface area contributed by atoms with E-state index in [4.69, 9.17) is 0 Å². The summed E-state index contributed by atoms with van der Waals surface area (Å²) >= 11 is 0. The zero-order chi connectivity index (χ0) is 16.6. The third-order valence-corrected chi connectivity index (χ3v) is 5.71. The van der Waals surface area contributed by atoms with E-state index in [1.54, 1.807) is 11.6 Å². The number of carbonyl (C=O) groups excluding carboxylic acids is 2. The highest BCUT2D eigenvalue weighted by molar-refractivity contribution is 5.96. The van der Waals surface area contributed by atoms with Crippen LogP contribution in [-0.2, 0) is 11.3 Å². The second-order valence-electron chi connectivity index (χ2n) is 7.18. The van der Waals surface area contributed by atoms with Gasteiger partial charge < -0.3 is 5.32 Å². The Labute approximate surface area is 137 Å². The Hall–Kier alpha value is -1.65. The average molecular weight is 317 g/mol. The number of rotatable bonds is 5. The molecule has 0 bridgehead atoms. The number of aromatic nitrogens is 2. The number of hydrogen-bond donors (Lipinski definition) is 1. The van der Waals surface area contributed by atoms with E-state index >= 15 is 0 Å². The van der Waals surface area contributed by atoms with Gasteiger partial charge in [-0.2, -0.15) is 5.10 Å². The normalized spacial score (nSPS) is 26.3. The van der Waals surface area contributed by atoms with Gasteiger partial charge in [-0.15, -0.1) is 0 Å². The predicted octanol–water partition coefficient (Wildman–Crippen LogP) is 2.79. The molecule has 0 aromatic carbocycles. The van der Waals surface area contributed by atoms with Crippen molar-refractivity contribution in [3.63, 3.8) is 0 Å². The quantitative estimate of drug-likeness (QED) is 0.849. The molecular formula is C18H27N3O2. The molecule has 2 fully saturated rings. The number of carbonyl (C=O) groups is 2. The number of fused-ring (bicyclic) bond motifs is 1. The molecule has 0 aliphatic heterocycles. The maximum absolute atomic E-state index is 12.3. The van der Waals surface area contributed by atoms with Crippen molar-refractivity contribution in [2.45, 2.75) is 71.9 Å². The van der Waals surface area contributed by atoms with Gasteiger partial charge in [-0.3, -0.25) is 14.3 Å². The summed E-state index contributed by atoms with van der Waals surface area (Å²) < 4.78 is 1.79. The van der Waals surface area contributed by atoms with Gasteiger partial charge in [0.15, 0.2) is 5.78 Å². The van der Waals surface area contributed by atoms with E-state index in [0.717, 1.165) is 23.7 Å². The van der Waals surface area contributed by atoms with Crippen molar-refractivity contribution < 1.29 is 9.59 Å². The van der Waals surface area contributed by atoms with E-state index in [1.807, 2.05) is 13.8 Å². The summed E-state index contributed by atoms with van der Waals surface area (Å²) in [5.74, 6) is 1.69. The minimum atomic E-state index is 0.0360. The van der Waals surface area contributed by atoms with E-state index < -0.39 is 0 Å². The van der Waals surface area contributed by atoms with Crippen molar-refractivity contribution in [3.8, 4) is 0 Å². The van der Waals surface area contributed by atoms with Crippen molar-refractivity contribution >= 4 is 11.7 Å². The summed E-state index contributed by atoms with van der Waals surface area (Å²) in [6.07, 6.45) is 6.77. The molecule has 3 rings (SSSR count). The first-order chi connectivity index (χ1) is 11.0. The van der Waals surface area contributed by atoms with Crippen LogP contribution in [0.5, 0.6) is 0 Å². The van der Waals surface area contributed by atoms with Crippen molar-refractivity contribution in [2.75, 3.05) is 0 Å². The Morgan fingerprint density at radius 2 is 2.00 bits per heavy atom. The maximum Gasteiger partial charge on any atom is 0.222 e. The third kappa shape index (κ3) is 3.19. The zero-order valence-corrected chi connectivity index (χ0v) is 14.4. The Morgan fingerprint density at radius 3 is 2.70 bits per heavy atom. The van der Waals surface area contributed by atoms with Crippen LogP contribution in [-0.4, -0.2) is 27.5 Å². The van der Waals surface area contributed by atoms with Crippen LogP contribution < -0.4 is 5.32 Å². The lowest BCUT2D eigenvalue weighted by Gasteiger charge is -2.20. The van der Waals surface area contributed by atoms with E-state index in [2.05, 4.69) is 10.4 Å². The molecule has 3 atom stereocenters. The number of ketones is 1. The molecule has 0 radical (unpaired) electrons. The zero-order valence-electron chi connectivity index (χ0n) is 14.4. The molecule has 1 N–H and O–H groups in total. The smallest absolute Gasteiger partial charge is 0.222 e. The van der Waals surface area contributed by atoms with Gasteiger partial charge in [0.05, 0.1) is 11.3 Å². The Morgan fingerprint density at radius 1 is 1.22 bits per heavy atom. The van der Waals surface area contributed by atoms with Gasteiger partial charge >= 0.3 is 0 Å². The summed E-state index contributed by atoms with van der Waals surface area (Å²) in [6.45, 7) is 5.84. The second-order valence-corrected chi connectivity index (χ2v) is 7.18. The van der Waals surface area contributed by atoms with E-state index in [-0.39, 0.29) is 11.7 Å². The van der Waals surface area contributed by atoms with Crippen molar-refractivity contribution in [2.24, 2.45) is 11.8 Å². The lowest BCUT2D eigenvalue weighted by molar-refractivity contribution is -0.122. The Kier molecular flexibility index (Phi) is 4.55. The molecule has 2 aliphatic rings. The number of amides is 1. The van der Waals surface area contributed by atoms with E-state index in [0.29, 0.717) is 30.5 Å². The Balaban J connectivity index is 1.55. The van der Waals surface area contributed by atoms with Gasteiger partial charge in [0, 0.05) is 24.7 Å². The highest BCUT2D eigenvalue weighted by Gasteiger charge is 2.39. The second kappa shape index (κ2) is 6.46. The molecule has 1 heterocycles. The van der Waals surface area contributed by atoms with Crippen LogP contribution in [0.15, 0.2) is 0 Å². The van der Waals surface area contributed by atoms with Crippen molar-refractivity contribution in [1.82, 2.24) is 15.1 Å². The number of nitrogens with one attached hydrogen (secondary N) is 1. The van der Waals surface area contributed by atoms with Gasteiger partial charge in [-0.05, 0) is 51.9 Å². The standard InChI is InChI=1S/C18H27N3O2/c1-11-18(13(3)22)12(2)21(20-11)10-9-17(23)19-16-8-7-14-5-4-6-15(14)16/h14-16H,4-10H2,1-3H3,(H,19,23)/t14-,15-,16-/m1/s1. The first kappa shape index (κ1) is 16.2. The minimum Gasteiger partial charge on any atom is -0.353 e. The number of hydrogen-bond acceptors (Lipinski definition) is 3. The molecule has 5 nitrogen and oxygen atoms in total. The molecule has 5 heteroatoms. The summed E-state index contributed by atoms with van der Waals surface area (Å²) in [4.78, 5) is 23.9. The summed E-state index contributed by atoms with van der Waals surface area (Å²) in [7, 11) is 0. The third-order valence-electron chi connectivity index (χ3n) is 5.71. The molecule has 2 aliphatic carbocycles. The fraction of sp³-hybridized carbons (Fsp3) is 0.722. The van der Waals surface area contributed by atoms with Gasteiger partial charge in [0.2, 0.25) is 5.91 Å². The highest BCUT2D eigenvalue weighted by atomic mass is 16.1. The van der Waals surface area contributed by atoms with Crippen molar-refractivity contribution in [1.29, 1.82) is 0 Å². The maximum atomic E-state index is 12.3. The molecule has 0 saturated heterocycles. The summed E-state index contributed by atoms with van der Waals surface area (Å²) in [5, 5.41) is 7.64. The molecule has 1 aromatic rings. The number of Topliss-reactive ketones (excluding diaryl/α,β-unsaturated/α-hetero) is 1. The lowest BCUT2D eigenvalue weighted by Crippen LogP contribution is -2.38. The van der Waals surface area contributed by atoms with E-state index in [1.165, 1.54) is 25.7 Å². The largest absolute Gasteiger partial charge is 0.353 e. The van der Waals surface area contributed by atoms with Gasteiger partial charge in [0.25, 0.3) is 0 Å². The van der Waals surface area contributed by atoms with Crippen LogP contribution >= 0.6 is 0 Å². The fourth-order valence-corrected chi connectivity index (χ4v) is 4.65. The van der Waals surface area contributed by atoms with E-state index in [9.17, 15) is 9.59 Å². The molecule has 0 unspecified atom stereocenters.